The van der Waals surface area contributed by atoms with Gasteiger partial charge in [-0.15, -0.1) is 0 Å². The van der Waals surface area contributed by atoms with Gasteiger partial charge in [-0.1, -0.05) is 0 Å². The van der Waals surface area contributed by atoms with Gasteiger partial charge in [0.2, 0.25) is 5.82 Å². The summed E-state index contributed by atoms with van der Waals surface area (Å²) in [6, 6.07) is 0. The van der Waals surface area contributed by atoms with Crippen LogP contribution in [0.2, 0.25) is 0 Å². The second-order valence-corrected chi connectivity index (χ2v) is 4.76. The fourth-order valence-electron chi connectivity index (χ4n) is 2.18. The van der Waals surface area contributed by atoms with E-state index in [9.17, 15) is 48.3 Å². The Labute approximate surface area is 131 Å². The third kappa shape index (κ3) is 2.71. The number of benzene rings is 2. The van der Waals surface area contributed by atoms with Crippen molar-refractivity contribution >= 4 is 0 Å². The predicted octanol–water partition coefficient (Wildman–Crippen LogP) is 5.79. The zero-order valence-electron chi connectivity index (χ0n) is 11.7. The van der Waals surface area contributed by atoms with E-state index < -0.39 is 75.0 Å². The Hall–Kier alpha value is -2.33. The molecule has 2 aromatic carbocycles. The van der Waals surface area contributed by atoms with Crippen LogP contribution in [-0.2, 0) is 6.18 Å². The van der Waals surface area contributed by atoms with Crippen LogP contribution in [0.25, 0.3) is 11.1 Å². The average Bonchev–Trinajstić information content (AvgIpc) is 2.52. The molecule has 0 nitrogen and oxygen atoms in total. The van der Waals surface area contributed by atoms with Crippen LogP contribution in [0.5, 0.6) is 0 Å². The van der Waals surface area contributed by atoms with Gasteiger partial charge in [-0.25, -0.2) is 35.1 Å². The summed E-state index contributed by atoms with van der Waals surface area (Å²) in [5, 5.41) is 0. The number of rotatable bonds is 1. The van der Waals surface area contributed by atoms with Gasteiger partial charge in [0.15, 0.2) is 40.7 Å². The molecule has 25 heavy (non-hydrogen) atoms. The highest BCUT2D eigenvalue weighted by Gasteiger charge is 2.43. The molecule has 0 unspecified atom stereocenters. The first-order valence-electron chi connectivity index (χ1n) is 6.08. The lowest BCUT2D eigenvalue weighted by Gasteiger charge is -2.19. The van der Waals surface area contributed by atoms with Crippen LogP contribution in [0.15, 0.2) is 0 Å². The first-order valence-corrected chi connectivity index (χ1v) is 6.08. The molecule has 0 atom stereocenters. The largest absolute Gasteiger partial charge is 0.419 e. The molecule has 136 valence electrons. The minimum Gasteiger partial charge on any atom is -0.203 e. The topological polar surface area (TPSA) is 0 Å². The highest BCUT2D eigenvalue weighted by atomic mass is 19.4. The van der Waals surface area contributed by atoms with Crippen LogP contribution in [0.4, 0.5) is 48.3 Å². The Balaban J connectivity index is 3.15. The highest BCUT2D eigenvalue weighted by molar-refractivity contribution is 5.73. The van der Waals surface area contributed by atoms with Crippen molar-refractivity contribution in [2.45, 2.75) is 13.1 Å². The molecule has 0 aromatic heterocycles. The van der Waals surface area contributed by atoms with Gasteiger partial charge in [0.1, 0.15) is 5.56 Å². The SMILES string of the molecule is Cc1c(F)c(F)c(F)c(C(F)(F)F)c1-c1c(F)c(F)c(F)c(F)c1F. The number of halogens is 11. The number of hydrogen-bond donors (Lipinski definition) is 0. The Morgan fingerprint density at radius 2 is 0.840 bits per heavy atom. The molecule has 0 spiro atoms. The molecule has 2 rings (SSSR count). The normalized spacial score (nSPS) is 12.0. The molecule has 0 radical (unpaired) electrons. The van der Waals surface area contributed by atoms with E-state index in [0.717, 1.165) is 0 Å². The molecule has 0 saturated carbocycles. The minimum atomic E-state index is -5.83. The predicted molar refractivity (Wildman–Crippen MR) is 61.3 cm³/mol. The lowest BCUT2D eigenvalue weighted by molar-refractivity contribution is -0.139. The summed E-state index contributed by atoms with van der Waals surface area (Å²) in [4.78, 5) is 0. The van der Waals surface area contributed by atoms with Gasteiger partial charge in [0.25, 0.3) is 0 Å². The Bertz CT molecular complexity index is 851. The van der Waals surface area contributed by atoms with Crippen molar-refractivity contribution < 1.29 is 48.3 Å². The van der Waals surface area contributed by atoms with Crippen LogP contribution in [0.1, 0.15) is 11.1 Å². The monoisotopic (exact) mass is 380 g/mol. The van der Waals surface area contributed by atoms with E-state index >= 15 is 0 Å². The molecule has 0 bridgehead atoms. The summed E-state index contributed by atoms with van der Waals surface area (Å²) in [7, 11) is 0. The van der Waals surface area contributed by atoms with Crippen LogP contribution in [-0.4, -0.2) is 0 Å². The fraction of sp³-hybridized carbons (Fsp3) is 0.143. The van der Waals surface area contributed by atoms with Crippen LogP contribution in [0.3, 0.4) is 0 Å². The standard InChI is InChI=1S/C14H3F11/c1-2-3(4-7(16)11(20)13(22)12(21)8(4)17)5(14(23,24)25)9(18)10(19)6(2)15/h1H3. The van der Waals surface area contributed by atoms with Crippen LogP contribution < -0.4 is 0 Å². The summed E-state index contributed by atoms with van der Waals surface area (Å²) in [6.45, 7) is 0.362. The molecular weight excluding hydrogens is 377 g/mol. The molecule has 0 saturated heterocycles. The van der Waals surface area contributed by atoms with Crippen molar-refractivity contribution in [3.8, 4) is 11.1 Å². The molecular formula is C14H3F11. The zero-order valence-corrected chi connectivity index (χ0v) is 11.7. The summed E-state index contributed by atoms with van der Waals surface area (Å²) < 4.78 is 146. The molecule has 0 heterocycles. The molecule has 0 aliphatic rings. The fourth-order valence-corrected chi connectivity index (χ4v) is 2.18. The van der Waals surface area contributed by atoms with Crippen molar-refractivity contribution in [1.82, 2.24) is 0 Å². The van der Waals surface area contributed by atoms with Gasteiger partial charge < -0.3 is 0 Å². The van der Waals surface area contributed by atoms with Crippen molar-refractivity contribution in [3.63, 3.8) is 0 Å². The molecule has 11 heteroatoms. The lowest BCUT2D eigenvalue weighted by atomic mass is 9.92. The number of hydrogen-bond acceptors (Lipinski definition) is 0. The molecule has 0 aliphatic heterocycles. The molecule has 0 aliphatic carbocycles. The van der Waals surface area contributed by atoms with E-state index in [1.807, 2.05) is 0 Å². The van der Waals surface area contributed by atoms with Crippen LogP contribution in [0, 0.1) is 53.5 Å². The lowest BCUT2D eigenvalue weighted by Crippen LogP contribution is -2.17. The zero-order chi connectivity index (χ0) is 19.4. The smallest absolute Gasteiger partial charge is 0.203 e. The van der Waals surface area contributed by atoms with Gasteiger partial charge in [-0.05, 0) is 12.5 Å². The van der Waals surface area contributed by atoms with E-state index in [1.165, 1.54) is 0 Å². The van der Waals surface area contributed by atoms with Crippen molar-refractivity contribution in [2.75, 3.05) is 0 Å². The quantitative estimate of drug-likeness (QED) is 0.334. The maximum atomic E-state index is 13.8. The van der Waals surface area contributed by atoms with Crippen molar-refractivity contribution in [3.05, 3.63) is 57.7 Å². The van der Waals surface area contributed by atoms with Gasteiger partial charge >= 0.3 is 6.18 Å². The first-order chi connectivity index (χ1) is 11.3. The summed E-state index contributed by atoms with van der Waals surface area (Å²) >= 11 is 0. The van der Waals surface area contributed by atoms with Crippen molar-refractivity contribution in [1.29, 1.82) is 0 Å². The third-order valence-corrected chi connectivity index (χ3v) is 3.30. The summed E-state index contributed by atoms with van der Waals surface area (Å²) in [5.74, 6) is -21.2. The Morgan fingerprint density at radius 3 is 1.24 bits per heavy atom. The molecule has 0 N–H and O–H groups in total. The molecule has 0 fully saturated rings. The highest BCUT2D eigenvalue weighted by Crippen LogP contribution is 2.45. The second-order valence-electron chi connectivity index (χ2n) is 4.76. The van der Waals surface area contributed by atoms with Crippen LogP contribution >= 0.6 is 0 Å². The van der Waals surface area contributed by atoms with E-state index in [4.69, 9.17) is 0 Å². The van der Waals surface area contributed by atoms with Gasteiger partial charge in [0.05, 0.1) is 5.56 Å². The Kier molecular flexibility index (Phi) is 4.47. The van der Waals surface area contributed by atoms with E-state index in [2.05, 4.69) is 0 Å². The molecule has 2 aromatic rings. The minimum absolute atomic E-state index is 0.362. The van der Waals surface area contributed by atoms with Gasteiger partial charge in [-0.3, -0.25) is 0 Å². The maximum absolute atomic E-state index is 13.8. The first kappa shape index (κ1) is 19.0. The summed E-state index contributed by atoms with van der Waals surface area (Å²) in [5.41, 5.74) is -8.45. The van der Waals surface area contributed by atoms with E-state index in [0.29, 0.717) is 6.92 Å². The van der Waals surface area contributed by atoms with E-state index in [1.54, 1.807) is 0 Å². The van der Waals surface area contributed by atoms with E-state index in [-0.39, 0.29) is 0 Å². The number of alkyl halides is 3. The van der Waals surface area contributed by atoms with Gasteiger partial charge in [0, 0.05) is 5.56 Å². The summed E-state index contributed by atoms with van der Waals surface area (Å²) in [6.07, 6.45) is -5.83. The maximum Gasteiger partial charge on any atom is 0.419 e. The van der Waals surface area contributed by atoms with Crippen molar-refractivity contribution in [2.24, 2.45) is 0 Å². The van der Waals surface area contributed by atoms with Gasteiger partial charge in [-0.2, -0.15) is 13.2 Å². The average molecular weight is 380 g/mol. The molecule has 0 amide bonds. The third-order valence-electron chi connectivity index (χ3n) is 3.30. The second kappa shape index (κ2) is 5.88. The Morgan fingerprint density at radius 1 is 0.480 bits per heavy atom.